The molecule has 0 aliphatic carbocycles. The summed E-state index contributed by atoms with van der Waals surface area (Å²) in [6.45, 7) is 6.61. The zero-order chi connectivity index (χ0) is 15.8. The third-order valence-electron chi connectivity index (χ3n) is 4.71. The number of hydrogen-bond donors (Lipinski definition) is 1. The summed E-state index contributed by atoms with van der Waals surface area (Å²) in [7, 11) is 0. The van der Waals surface area contributed by atoms with Crippen LogP contribution in [0, 0.1) is 13.8 Å². The van der Waals surface area contributed by atoms with E-state index >= 15 is 0 Å². The quantitative estimate of drug-likeness (QED) is 0.804. The van der Waals surface area contributed by atoms with E-state index in [1.165, 1.54) is 11.1 Å². The van der Waals surface area contributed by atoms with Crippen LogP contribution in [-0.2, 0) is 17.7 Å². The van der Waals surface area contributed by atoms with Gasteiger partial charge in [0.1, 0.15) is 5.82 Å². The summed E-state index contributed by atoms with van der Waals surface area (Å²) in [5.41, 5.74) is 5.73. The van der Waals surface area contributed by atoms with Crippen LogP contribution >= 0.6 is 0 Å². The molecule has 0 spiro atoms. The van der Waals surface area contributed by atoms with E-state index in [1.54, 1.807) is 0 Å². The lowest BCUT2D eigenvalue weighted by Gasteiger charge is -2.00. The number of imidazole rings is 1. The van der Waals surface area contributed by atoms with Crippen LogP contribution < -0.4 is 0 Å². The van der Waals surface area contributed by atoms with Gasteiger partial charge in [-0.15, -0.1) is 5.10 Å². The molecule has 1 aromatic carbocycles. The molecular formula is C17H21N5O. The Balaban J connectivity index is 1.47. The van der Waals surface area contributed by atoms with E-state index in [2.05, 4.69) is 41.3 Å². The molecule has 4 rings (SSSR count). The SMILES string of the molecule is Cc1ccc2[nH]c(CCn3cc([C@H]4CCOC4)nn3)nc2c1C. The second-order valence-electron chi connectivity index (χ2n) is 6.30. The van der Waals surface area contributed by atoms with Gasteiger partial charge in [-0.05, 0) is 37.5 Å². The Labute approximate surface area is 134 Å². The largest absolute Gasteiger partial charge is 0.381 e. The second kappa shape index (κ2) is 5.77. The Hall–Kier alpha value is -2.21. The Bertz CT molecular complexity index is 829. The number of nitrogens with one attached hydrogen (secondary N) is 1. The van der Waals surface area contributed by atoms with Gasteiger partial charge in [0.15, 0.2) is 0 Å². The van der Waals surface area contributed by atoms with Crippen molar-refractivity contribution in [3.8, 4) is 0 Å². The van der Waals surface area contributed by atoms with Crippen LogP contribution in [0.1, 0.15) is 35.0 Å². The summed E-state index contributed by atoms with van der Waals surface area (Å²) in [6.07, 6.45) is 3.90. The van der Waals surface area contributed by atoms with Gasteiger partial charge in [0.05, 0.1) is 23.3 Å². The van der Waals surface area contributed by atoms with Gasteiger partial charge in [-0.1, -0.05) is 11.3 Å². The van der Waals surface area contributed by atoms with Crippen molar-refractivity contribution in [2.24, 2.45) is 0 Å². The van der Waals surface area contributed by atoms with Gasteiger partial charge in [0.25, 0.3) is 0 Å². The summed E-state index contributed by atoms with van der Waals surface area (Å²) in [4.78, 5) is 8.14. The van der Waals surface area contributed by atoms with E-state index < -0.39 is 0 Å². The van der Waals surface area contributed by atoms with Gasteiger partial charge in [-0.25, -0.2) is 4.98 Å². The van der Waals surface area contributed by atoms with E-state index in [-0.39, 0.29) is 0 Å². The summed E-state index contributed by atoms with van der Waals surface area (Å²) in [6, 6.07) is 4.23. The van der Waals surface area contributed by atoms with Crippen molar-refractivity contribution >= 4 is 11.0 Å². The fourth-order valence-electron chi connectivity index (χ4n) is 3.08. The maximum Gasteiger partial charge on any atom is 0.109 e. The number of fused-ring (bicyclic) bond motifs is 1. The number of hydrogen-bond acceptors (Lipinski definition) is 4. The van der Waals surface area contributed by atoms with Crippen LogP contribution in [0.2, 0.25) is 0 Å². The average Bonchev–Trinajstić information content (AvgIpc) is 3.28. The minimum Gasteiger partial charge on any atom is -0.381 e. The van der Waals surface area contributed by atoms with Crippen LogP contribution in [0.3, 0.4) is 0 Å². The fourth-order valence-corrected chi connectivity index (χ4v) is 3.08. The zero-order valence-electron chi connectivity index (χ0n) is 13.5. The smallest absolute Gasteiger partial charge is 0.109 e. The molecule has 0 saturated carbocycles. The number of H-pyrrole nitrogens is 1. The highest BCUT2D eigenvalue weighted by molar-refractivity contribution is 5.79. The minimum absolute atomic E-state index is 0.403. The summed E-state index contributed by atoms with van der Waals surface area (Å²) >= 11 is 0. The Morgan fingerprint density at radius 3 is 3.09 bits per heavy atom. The van der Waals surface area contributed by atoms with Crippen molar-refractivity contribution in [1.29, 1.82) is 0 Å². The molecular weight excluding hydrogens is 290 g/mol. The minimum atomic E-state index is 0.403. The summed E-state index contributed by atoms with van der Waals surface area (Å²) in [5.74, 6) is 1.40. The van der Waals surface area contributed by atoms with Gasteiger partial charge in [-0.2, -0.15) is 0 Å². The Kier molecular flexibility index (Phi) is 3.61. The number of aromatic nitrogens is 5. The molecule has 1 atom stereocenters. The lowest BCUT2D eigenvalue weighted by atomic mass is 10.1. The van der Waals surface area contributed by atoms with Gasteiger partial charge in [0, 0.05) is 31.7 Å². The maximum absolute atomic E-state index is 5.41. The number of rotatable bonds is 4. The molecule has 1 aliphatic heterocycles. The van der Waals surface area contributed by atoms with Crippen molar-refractivity contribution in [1.82, 2.24) is 25.0 Å². The second-order valence-corrected chi connectivity index (χ2v) is 6.30. The molecule has 3 heterocycles. The van der Waals surface area contributed by atoms with Crippen LogP contribution in [0.4, 0.5) is 0 Å². The molecule has 1 fully saturated rings. The maximum atomic E-state index is 5.41. The standard InChI is InChI=1S/C17H21N5O/c1-11-3-4-14-17(12(11)2)19-16(18-14)5-7-22-9-15(20-21-22)13-6-8-23-10-13/h3-4,9,13H,5-8,10H2,1-2H3,(H,18,19)/t13-/m0/s1. The van der Waals surface area contributed by atoms with Crippen LogP contribution in [-0.4, -0.2) is 38.2 Å². The molecule has 0 radical (unpaired) electrons. The van der Waals surface area contributed by atoms with Crippen molar-refractivity contribution in [3.63, 3.8) is 0 Å². The molecule has 1 saturated heterocycles. The normalized spacial score (nSPS) is 18.1. The lowest BCUT2D eigenvalue weighted by Crippen LogP contribution is -2.03. The predicted molar refractivity (Wildman–Crippen MR) is 87.5 cm³/mol. The zero-order valence-corrected chi connectivity index (χ0v) is 13.5. The molecule has 0 amide bonds. The first-order valence-electron chi connectivity index (χ1n) is 8.13. The number of ether oxygens (including phenoxy) is 1. The molecule has 6 heteroatoms. The van der Waals surface area contributed by atoms with Crippen LogP contribution in [0.25, 0.3) is 11.0 Å². The summed E-state index contributed by atoms with van der Waals surface area (Å²) < 4.78 is 7.31. The van der Waals surface area contributed by atoms with Crippen LogP contribution in [0.5, 0.6) is 0 Å². The number of nitrogens with zero attached hydrogens (tertiary/aromatic N) is 4. The molecule has 0 bridgehead atoms. The third kappa shape index (κ3) is 2.74. The topological polar surface area (TPSA) is 68.6 Å². The highest BCUT2D eigenvalue weighted by Gasteiger charge is 2.20. The Morgan fingerprint density at radius 2 is 2.26 bits per heavy atom. The molecule has 1 aliphatic rings. The highest BCUT2D eigenvalue weighted by Crippen LogP contribution is 2.23. The molecule has 23 heavy (non-hydrogen) atoms. The van der Waals surface area contributed by atoms with Crippen molar-refractivity contribution < 1.29 is 4.74 Å². The van der Waals surface area contributed by atoms with Gasteiger partial charge < -0.3 is 9.72 Å². The average molecular weight is 311 g/mol. The Morgan fingerprint density at radius 1 is 1.35 bits per heavy atom. The molecule has 2 aromatic heterocycles. The predicted octanol–water partition coefficient (Wildman–Crippen LogP) is 2.52. The van der Waals surface area contributed by atoms with E-state index in [9.17, 15) is 0 Å². The van der Waals surface area contributed by atoms with E-state index in [4.69, 9.17) is 9.72 Å². The van der Waals surface area contributed by atoms with E-state index in [0.29, 0.717) is 5.92 Å². The first-order chi connectivity index (χ1) is 11.2. The first kappa shape index (κ1) is 14.4. The fraction of sp³-hybridized carbons (Fsp3) is 0.471. The number of benzene rings is 1. The third-order valence-corrected chi connectivity index (χ3v) is 4.71. The molecule has 3 aromatic rings. The molecule has 6 nitrogen and oxygen atoms in total. The first-order valence-corrected chi connectivity index (χ1v) is 8.13. The van der Waals surface area contributed by atoms with E-state index in [0.717, 1.165) is 55.2 Å². The van der Waals surface area contributed by atoms with Gasteiger partial charge in [0.2, 0.25) is 0 Å². The van der Waals surface area contributed by atoms with Crippen molar-refractivity contribution in [2.45, 2.75) is 39.2 Å². The van der Waals surface area contributed by atoms with Gasteiger partial charge >= 0.3 is 0 Å². The highest BCUT2D eigenvalue weighted by atomic mass is 16.5. The molecule has 1 N–H and O–H groups in total. The number of aromatic amines is 1. The van der Waals surface area contributed by atoms with Crippen LogP contribution in [0.15, 0.2) is 18.3 Å². The van der Waals surface area contributed by atoms with E-state index in [1.807, 2.05) is 10.9 Å². The lowest BCUT2D eigenvalue weighted by molar-refractivity contribution is 0.193. The molecule has 120 valence electrons. The van der Waals surface area contributed by atoms with Gasteiger partial charge in [-0.3, -0.25) is 4.68 Å². The molecule has 0 unspecified atom stereocenters. The van der Waals surface area contributed by atoms with Crippen molar-refractivity contribution in [3.05, 3.63) is 41.0 Å². The number of aryl methyl sites for hydroxylation is 4. The van der Waals surface area contributed by atoms with Crippen molar-refractivity contribution in [2.75, 3.05) is 13.2 Å². The summed E-state index contributed by atoms with van der Waals surface area (Å²) in [5, 5.41) is 8.51. The monoisotopic (exact) mass is 311 g/mol.